The minimum Gasteiger partial charge on any atom is -0.329 e. The van der Waals surface area contributed by atoms with Crippen molar-refractivity contribution < 1.29 is 0 Å². The first kappa shape index (κ1) is 12.6. The van der Waals surface area contributed by atoms with Crippen molar-refractivity contribution in [2.75, 3.05) is 19.6 Å². The van der Waals surface area contributed by atoms with Gasteiger partial charge in [0, 0.05) is 13.1 Å². The molecular weight excluding hydrogens is 208 g/mol. The number of nitrogens with two attached hydrogens (primary N) is 1. The lowest BCUT2D eigenvalue weighted by Gasteiger charge is -2.25. The number of benzene rings is 1. The average Bonchev–Trinajstić information content (AvgIpc) is 2.39. The third-order valence-corrected chi connectivity index (χ3v) is 3.72. The van der Waals surface area contributed by atoms with Gasteiger partial charge >= 0.3 is 0 Å². The fourth-order valence-corrected chi connectivity index (χ4v) is 2.85. The number of hydrogen-bond acceptors (Lipinski definition) is 2. The highest BCUT2D eigenvalue weighted by Crippen LogP contribution is 2.34. The van der Waals surface area contributed by atoms with Crippen LogP contribution in [0.2, 0.25) is 0 Å². The van der Waals surface area contributed by atoms with Crippen LogP contribution < -0.4 is 11.1 Å². The molecule has 1 aromatic carbocycles. The van der Waals surface area contributed by atoms with Gasteiger partial charge in [-0.05, 0) is 55.7 Å². The molecule has 0 saturated heterocycles. The molecule has 94 valence electrons. The highest BCUT2D eigenvalue weighted by atomic mass is 14.9. The minimum atomic E-state index is 0.742. The van der Waals surface area contributed by atoms with Crippen LogP contribution in [0.25, 0.3) is 0 Å². The van der Waals surface area contributed by atoms with E-state index >= 15 is 0 Å². The largest absolute Gasteiger partial charge is 0.329 e. The van der Waals surface area contributed by atoms with Gasteiger partial charge in [0.15, 0.2) is 0 Å². The molecule has 3 N–H and O–H groups in total. The Morgan fingerprint density at radius 2 is 2.12 bits per heavy atom. The van der Waals surface area contributed by atoms with E-state index in [1.165, 1.54) is 32.1 Å². The molecule has 1 aliphatic carbocycles. The lowest BCUT2D eigenvalue weighted by molar-refractivity contribution is 0.493. The molecule has 0 fully saturated rings. The third-order valence-electron chi connectivity index (χ3n) is 3.72. The van der Waals surface area contributed by atoms with E-state index in [4.69, 9.17) is 5.73 Å². The molecule has 1 unspecified atom stereocenters. The second-order valence-corrected chi connectivity index (χ2v) is 4.97. The molecule has 0 aromatic heterocycles. The number of rotatable bonds is 6. The molecule has 0 radical (unpaired) electrons. The Hall–Kier alpha value is -0.860. The quantitative estimate of drug-likeness (QED) is 0.739. The molecule has 17 heavy (non-hydrogen) atoms. The molecule has 0 amide bonds. The van der Waals surface area contributed by atoms with Crippen LogP contribution in [-0.4, -0.2) is 19.6 Å². The first-order valence-corrected chi connectivity index (χ1v) is 6.90. The molecule has 1 aliphatic rings. The summed E-state index contributed by atoms with van der Waals surface area (Å²) >= 11 is 0. The molecule has 1 atom stereocenters. The van der Waals surface area contributed by atoms with Gasteiger partial charge in [-0.15, -0.1) is 0 Å². The summed E-state index contributed by atoms with van der Waals surface area (Å²) in [5.41, 5.74) is 8.65. The summed E-state index contributed by atoms with van der Waals surface area (Å²) in [4.78, 5) is 0. The Bertz CT molecular complexity index is 335. The molecule has 2 nitrogen and oxygen atoms in total. The Morgan fingerprint density at radius 3 is 3.00 bits per heavy atom. The summed E-state index contributed by atoms with van der Waals surface area (Å²) in [5, 5.41) is 3.37. The Balaban J connectivity index is 1.82. The van der Waals surface area contributed by atoms with Crippen molar-refractivity contribution >= 4 is 0 Å². The number of aryl methyl sites for hydroxylation is 1. The van der Waals surface area contributed by atoms with Crippen molar-refractivity contribution in [2.24, 2.45) is 5.73 Å². The lowest BCUT2D eigenvalue weighted by Crippen LogP contribution is -2.23. The molecule has 0 aliphatic heterocycles. The fraction of sp³-hybridized carbons (Fsp3) is 0.600. The first-order chi connectivity index (χ1) is 8.42. The van der Waals surface area contributed by atoms with Gasteiger partial charge in [-0.3, -0.25) is 0 Å². The van der Waals surface area contributed by atoms with E-state index in [0.29, 0.717) is 0 Å². The van der Waals surface area contributed by atoms with E-state index < -0.39 is 0 Å². The number of fused-ring (bicyclic) bond motifs is 1. The summed E-state index contributed by atoms with van der Waals surface area (Å²) < 4.78 is 0. The van der Waals surface area contributed by atoms with E-state index in [1.807, 2.05) is 0 Å². The zero-order valence-corrected chi connectivity index (χ0v) is 10.6. The van der Waals surface area contributed by atoms with Gasteiger partial charge in [-0.25, -0.2) is 0 Å². The van der Waals surface area contributed by atoms with Gasteiger partial charge < -0.3 is 11.1 Å². The molecule has 2 rings (SSSR count). The van der Waals surface area contributed by atoms with Crippen molar-refractivity contribution in [1.29, 1.82) is 0 Å². The minimum absolute atomic E-state index is 0.742. The topological polar surface area (TPSA) is 38.0 Å². The fourth-order valence-electron chi connectivity index (χ4n) is 2.85. The first-order valence-electron chi connectivity index (χ1n) is 6.90. The summed E-state index contributed by atoms with van der Waals surface area (Å²) in [5.74, 6) is 0.791. The molecular formula is C15H24N2. The van der Waals surface area contributed by atoms with Crippen LogP contribution >= 0.6 is 0 Å². The van der Waals surface area contributed by atoms with Crippen LogP contribution in [0.1, 0.15) is 42.7 Å². The van der Waals surface area contributed by atoms with Crippen molar-refractivity contribution in [3.63, 3.8) is 0 Å². The molecule has 0 spiro atoms. The second-order valence-electron chi connectivity index (χ2n) is 4.97. The predicted molar refractivity (Wildman–Crippen MR) is 73.3 cm³/mol. The highest BCUT2D eigenvalue weighted by Gasteiger charge is 2.18. The zero-order chi connectivity index (χ0) is 11.9. The normalized spacial score (nSPS) is 19.0. The molecule has 0 bridgehead atoms. The maximum absolute atomic E-state index is 5.45. The average molecular weight is 232 g/mol. The number of hydrogen-bond donors (Lipinski definition) is 2. The van der Waals surface area contributed by atoms with Crippen molar-refractivity contribution in [3.05, 3.63) is 35.4 Å². The van der Waals surface area contributed by atoms with Crippen LogP contribution in [0, 0.1) is 0 Å². The number of nitrogens with one attached hydrogen (secondary N) is 1. The molecule has 2 heteroatoms. The van der Waals surface area contributed by atoms with E-state index in [1.54, 1.807) is 11.1 Å². The SMILES string of the molecule is NCCNCCCC1CCCc2ccccc21. The van der Waals surface area contributed by atoms with Gasteiger partial charge in [0.1, 0.15) is 0 Å². The van der Waals surface area contributed by atoms with Crippen LogP contribution in [0.3, 0.4) is 0 Å². The summed E-state index contributed by atoms with van der Waals surface area (Å²) in [6.45, 7) is 2.80. The van der Waals surface area contributed by atoms with Crippen molar-refractivity contribution in [1.82, 2.24) is 5.32 Å². The van der Waals surface area contributed by atoms with E-state index in [2.05, 4.69) is 29.6 Å². The van der Waals surface area contributed by atoms with Gasteiger partial charge in [0.05, 0.1) is 0 Å². The van der Waals surface area contributed by atoms with Crippen molar-refractivity contribution in [2.45, 2.75) is 38.0 Å². The summed E-state index contributed by atoms with van der Waals surface area (Å²) in [7, 11) is 0. The maximum Gasteiger partial charge on any atom is 0.00745 e. The van der Waals surface area contributed by atoms with Gasteiger partial charge in [0.2, 0.25) is 0 Å². The van der Waals surface area contributed by atoms with E-state index in [9.17, 15) is 0 Å². The summed E-state index contributed by atoms with van der Waals surface area (Å²) in [6, 6.07) is 8.98. The standard InChI is InChI=1S/C15H24N2/c16-10-12-17-11-4-8-14-7-3-6-13-5-1-2-9-15(13)14/h1-2,5,9,14,17H,3-4,6-8,10-12,16H2. The predicted octanol–water partition coefficient (Wildman–Crippen LogP) is 2.43. The third kappa shape index (κ3) is 3.55. The van der Waals surface area contributed by atoms with Crippen LogP contribution in [0.5, 0.6) is 0 Å². The molecule has 0 heterocycles. The van der Waals surface area contributed by atoms with Crippen LogP contribution in [0.4, 0.5) is 0 Å². The van der Waals surface area contributed by atoms with Crippen LogP contribution in [0.15, 0.2) is 24.3 Å². The summed E-state index contributed by atoms with van der Waals surface area (Å²) in [6.07, 6.45) is 6.58. The van der Waals surface area contributed by atoms with Gasteiger partial charge in [-0.1, -0.05) is 24.3 Å². The van der Waals surface area contributed by atoms with Crippen LogP contribution in [-0.2, 0) is 6.42 Å². The van der Waals surface area contributed by atoms with E-state index in [-0.39, 0.29) is 0 Å². The smallest absolute Gasteiger partial charge is 0.00745 e. The Kier molecular flexibility index (Phi) is 5.02. The maximum atomic E-state index is 5.45. The van der Waals surface area contributed by atoms with Crippen molar-refractivity contribution in [3.8, 4) is 0 Å². The van der Waals surface area contributed by atoms with Gasteiger partial charge in [-0.2, -0.15) is 0 Å². The zero-order valence-electron chi connectivity index (χ0n) is 10.6. The monoisotopic (exact) mass is 232 g/mol. The van der Waals surface area contributed by atoms with E-state index in [0.717, 1.165) is 25.6 Å². The Morgan fingerprint density at radius 1 is 1.24 bits per heavy atom. The Labute approximate surface area is 105 Å². The highest BCUT2D eigenvalue weighted by molar-refractivity contribution is 5.32. The second kappa shape index (κ2) is 6.77. The van der Waals surface area contributed by atoms with Gasteiger partial charge in [0.25, 0.3) is 0 Å². The molecule has 0 saturated carbocycles. The molecule has 1 aromatic rings. The lowest BCUT2D eigenvalue weighted by atomic mass is 9.80.